The van der Waals surface area contributed by atoms with Gasteiger partial charge in [0.05, 0.1) is 17.4 Å². The van der Waals surface area contributed by atoms with Crippen LogP contribution in [-0.2, 0) is 4.79 Å². The van der Waals surface area contributed by atoms with Crippen LogP contribution < -0.4 is 10.9 Å². The van der Waals surface area contributed by atoms with Crippen LogP contribution in [0.3, 0.4) is 0 Å². The van der Waals surface area contributed by atoms with Crippen LogP contribution in [0.5, 0.6) is 0 Å². The second-order valence-corrected chi connectivity index (χ2v) is 10.3. The van der Waals surface area contributed by atoms with Gasteiger partial charge in [-0.2, -0.15) is 0 Å². The van der Waals surface area contributed by atoms with Gasteiger partial charge in [0.1, 0.15) is 10.9 Å². The third kappa shape index (κ3) is 4.54. The number of hydrogen-bond donors (Lipinski definition) is 1. The molecular weight excluding hydrogens is 476 g/mol. The second-order valence-electron chi connectivity index (χ2n) is 8.63. The van der Waals surface area contributed by atoms with Crippen LogP contribution in [-0.4, -0.2) is 20.4 Å². The van der Waals surface area contributed by atoms with Gasteiger partial charge in [-0.15, -0.1) is 22.7 Å². The molecular formula is C27H24N4O2S2. The predicted molar refractivity (Wildman–Crippen MR) is 144 cm³/mol. The topological polar surface area (TPSA) is 76.9 Å². The van der Waals surface area contributed by atoms with E-state index in [0.717, 1.165) is 22.4 Å². The van der Waals surface area contributed by atoms with Crippen LogP contribution in [0.15, 0.2) is 76.5 Å². The van der Waals surface area contributed by atoms with E-state index >= 15 is 0 Å². The van der Waals surface area contributed by atoms with Crippen molar-refractivity contribution in [2.45, 2.75) is 32.7 Å². The highest BCUT2D eigenvalue weighted by Gasteiger charge is 2.21. The first-order valence-electron chi connectivity index (χ1n) is 11.3. The SMILES string of the molecule is CC(C)c1ccc(-c2csc3ncn(C(C)C(=O)Nc4nc(-c5ccccc5)cs4)c(=O)c23)cc1. The zero-order valence-electron chi connectivity index (χ0n) is 19.6. The molecule has 1 N–H and O–H groups in total. The minimum Gasteiger partial charge on any atom is -0.300 e. The van der Waals surface area contributed by atoms with E-state index in [1.165, 1.54) is 39.1 Å². The Kier molecular flexibility index (Phi) is 6.32. The van der Waals surface area contributed by atoms with Crippen molar-refractivity contribution in [1.82, 2.24) is 14.5 Å². The molecule has 35 heavy (non-hydrogen) atoms. The van der Waals surface area contributed by atoms with Gasteiger partial charge in [-0.05, 0) is 24.0 Å². The summed E-state index contributed by atoms with van der Waals surface area (Å²) in [6.45, 7) is 6.00. The number of thiophene rings is 1. The molecule has 0 aliphatic carbocycles. The molecule has 1 atom stereocenters. The number of carbonyl (C=O) groups is 1. The molecule has 0 bridgehead atoms. The maximum Gasteiger partial charge on any atom is 0.263 e. The number of amides is 1. The standard InChI is InChI=1S/C27H24N4O2S2/c1-16(2)18-9-11-19(12-10-18)21-13-34-25-23(21)26(33)31(15-28-25)17(3)24(32)30-27-29-22(14-35-27)20-7-5-4-6-8-20/h4-17H,1-3H3,(H,29,30,32). The van der Waals surface area contributed by atoms with Crippen molar-refractivity contribution in [3.63, 3.8) is 0 Å². The largest absolute Gasteiger partial charge is 0.300 e. The van der Waals surface area contributed by atoms with Gasteiger partial charge in [-0.25, -0.2) is 9.97 Å². The molecule has 1 amide bonds. The fourth-order valence-corrected chi connectivity index (χ4v) is 5.52. The smallest absolute Gasteiger partial charge is 0.263 e. The summed E-state index contributed by atoms with van der Waals surface area (Å²) in [5.41, 5.74) is 4.59. The molecule has 176 valence electrons. The van der Waals surface area contributed by atoms with Crippen molar-refractivity contribution >= 4 is 43.9 Å². The summed E-state index contributed by atoms with van der Waals surface area (Å²) in [5, 5.41) is 7.73. The van der Waals surface area contributed by atoms with Crippen molar-refractivity contribution in [1.29, 1.82) is 0 Å². The minimum absolute atomic E-state index is 0.231. The number of fused-ring (bicyclic) bond motifs is 1. The summed E-state index contributed by atoms with van der Waals surface area (Å²) in [4.78, 5) is 36.2. The first kappa shape index (κ1) is 23.1. The molecule has 1 unspecified atom stereocenters. The molecule has 3 aromatic heterocycles. The third-order valence-corrected chi connectivity index (χ3v) is 7.65. The molecule has 0 saturated carbocycles. The number of aromatic nitrogens is 3. The molecule has 0 saturated heterocycles. The lowest BCUT2D eigenvalue weighted by Gasteiger charge is -2.14. The zero-order valence-corrected chi connectivity index (χ0v) is 21.2. The first-order chi connectivity index (χ1) is 16.9. The monoisotopic (exact) mass is 500 g/mol. The molecule has 6 nitrogen and oxygen atoms in total. The van der Waals surface area contributed by atoms with Crippen LogP contribution in [0.25, 0.3) is 32.6 Å². The van der Waals surface area contributed by atoms with Gasteiger partial charge < -0.3 is 5.32 Å². The molecule has 0 spiro atoms. The molecule has 0 radical (unpaired) electrons. The number of nitrogens with one attached hydrogen (secondary N) is 1. The molecule has 0 fully saturated rings. The second kappa shape index (κ2) is 9.56. The molecule has 2 aromatic carbocycles. The number of anilines is 1. The number of benzene rings is 2. The number of thiazole rings is 1. The Labute approximate surface area is 210 Å². The summed E-state index contributed by atoms with van der Waals surface area (Å²) >= 11 is 2.78. The molecule has 5 rings (SSSR count). The molecule has 0 aliphatic rings. The lowest BCUT2D eigenvalue weighted by Crippen LogP contribution is -2.31. The van der Waals surface area contributed by atoms with Crippen molar-refractivity contribution in [2.24, 2.45) is 0 Å². The highest BCUT2D eigenvalue weighted by Crippen LogP contribution is 2.32. The van der Waals surface area contributed by atoms with Crippen molar-refractivity contribution in [3.05, 3.63) is 87.6 Å². The van der Waals surface area contributed by atoms with E-state index in [2.05, 4.69) is 41.3 Å². The van der Waals surface area contributed by atoms with E-state index in [9.17, 15) is 9.59 Å². The Morgan fingerprint density at radius 1 is 0.943 bits per heavy atom. The van der Waals surface area contributed by atoms with Crippen LogP contribution in [0.4, 0.5) is 5.13 Å². The quantitative estimate of drug-likeness (QED) is 0.286. The lowest BCUT2D eigenvalue weighted by molar-refractivity contribution is -0.118. The van der Waals surface area contributed by atoms with Crippen LogP contribution in [0.2, 0.25) is 0 Å². The number of rotatable bonds is 6. The Morgan fingerprint density at radius 3 is 2.40 bits per heavy atom. The molecule has 0 aliphatic heterocycles. The summed E-state index contributed by atoms with van der Waals surface area (Å²) in [6, 6.07) is 17.3. The van der Waals surface area contributed by atoms with Crippen LogP contribution >= 0.6 is 22.7 Å². The Balaban J connectivity index is 1.42. The van der Waals surface area contributed by atoms with Gasteiger partial charge >= 0.3 is 0 Å². The first-order valence-corrected chi connectivity index (χ1v) is 13.1. The third-order valence-electron chi connectivity index (χ3n) is 6.01. The Hall–Kier alpha value is -3.62. The van der Waals surface area contributed by atoms with Gasteiger partial charge in [0.15, 0.2) is 5.13 Å². The van der Waals surface area contributed by atoms with Gasteiger partial charge in [-0.1, -0.05) is 68.4 Å². The summed E-state index contributed by atoms with van der Waals surface area (Å²) in [6.07, 6.45) is 1.45. The summed E-state index contributed by atoms with van der Waals surface area (Å²) in [7, 11) is 0. The molecule has 3 heterocycles. The van der Waals surface area contributed by atoms with Crippen LogP contribution in [0, 0.1) is 0 Å². The molecule has 5 aromatic rings. The van der Waals surface area contributed by atoms with Gasteiger partial charge in [0.25, 0.3) is 5.56 Å². The van der Waals surface area contributed by atoms with Gasteiger partial charge in [0, 0.05) is 21.9 Å². The van der Waals surface area contributed by atoms with Crippen molar-refractivity contribution < 1.29 is 4.79 Å². The zero-order chi connectivity index (χ0) is 24.5. The maximum absolute atomic E-state index is 13.5. The average molecular weight is 501 g/mol. The predicted octanol–water partition coefficient (Wildman–Crippen LogP) is 6.57. The van der Waals surface area contributed by atoms with Crippen molar-refractivity contribution in [3.8, 4) is 22.4 Å². The number of carbonyl (C=O) groups excluding carboxylic acids is 1. The summed E-state index contributed by atoms with van der Waals surface area (Å²) in [5.74, 6) is 0.114. The van der Waals surface area contributed by atoms with Crippen molar-refractivity contribution in [2.75, 3.05) is 5.32 Å². The van der Waals surface area contributed by atoms with E-state index in [-0.39, 0.29) is 11.5 Å². The lowest BCUT2D eigenvalue weighted by atomic mass is 9.99. The van der Waals surface area contributed by atoms with E-state index in [1.54, 1.807) is 6.92 Å². The maximum atomic E-state index is 13.5. The molecule has 8 heteroatoms. The number of hydrogen-bond acceptors (Lipinski definition) is 6. The normalized spacial score (nSPS) is 12.2. The highest BCUT2D eigenvalue weighted by molar-refractivity contribution is 7.17. The average Bonchev–Trinajstić information content (AvgIpc) is 3.52. The van der Waals surface area contributed by atoms with E-state index in [4.69, 9.17) is 0 Å². The van der Waals surface area contributed by atoms with Gasteiger partial charge in [0.2, 0.25) is 5.91 Å². The van der Waals surface area contributed by atoms with E-state index in [0.29, 0.717) is 21.3 Å². The van der Waals surface area contributed by atoms with Crippen LogP contribution in [0.1, 0.15) is 38.3 Å². The summed E-state index contributed by atoms with van der Waals surface area (Å²) < 4.78 is 1.39. The Morgan fingerprint density at radius 2 is 1.69 bits per heavy atom. The highest BCUT2D eigenvalue weighted by atomic mass is 32.1. The number of nitrogens with zero attached hydrogens (tertiary/aromatic N) is 3. The fraction of sp³-hybridized carbons (Fsp3) is 0.185. The fourth-order valence-electron chi connectivity index (χ4n) is 3.89. The van der Waals surface area contributed by atoms with E-state index < -0.39 is 6.04 Å². The van der Waals surface area contributed by atoms with Gasteiger partial charge in [-0.3, -0.25) is 14.2 Å². The van der Waals surface area contributed by atoms with E-state index in [1.807, 2.05) is 53.2 Å². The Bertz CT molecular complexity index is 1550. The minimum atomic E-state index is -0.750.